The number of hydrogen-bond acceptors (Lipinski definition) is 4. The number of nitrogens with zero attached hydrogens (tertiary/aromatic N) is 3. The van der Waals surface area contributed by atoms with Crippen molar-refractivity contribution in [2.24, 2.45) is 5.41 Å². The van der Waals surface area contributed by atoms with Crippen LogP contribution in [-0.4, -0.2) is 30.9 Å². The summed E-state index contributed by atoms with van der Waals surface area (Å²) in [5.41, 5.74) is 2.70. The molecule has 7 heteroatoms. The molecule has 0 radical (unpaired) electrons. The summed E-state index contributed by atoms with van der Waals surface area (Å²) in [4.78, 5) is 24.6. The molecule has 4 aromatic rings. The highest BCUT2D eigenvalue weighted by molar-refractivity contribution is 6.08. The minimum Gasteiger partial charge on any atom is -0.344 e. The van der Waals surface area contributed by atoms with E-state index in [1.165, 1.54) is 12.1 Å². The van der Waals surface area contributed by atoms with Gasteiger partial charge in [0.2, 0.25) is 0 Å². The van der Waals surface area contributed by atoms with Crippen LogP contribution in [0.2, 0.25) is 0 Å². The SMILES string of the molecule is CC(C)(C)C(=O)c1c[nH]c2ncc(-c3n[nH]c4cc(F)ccc34)nc12. The number of H-pyrrole nitrogens is 2. The lowest BCUT2D eigenvalue weighted by atomic mass is 9.87. The average Bonchev–Trinajstić information content (AvgIpc) is 3.15. The van der Waals surface area contributed by atoms with E-state index in [0.717, 1.165) is 5.39 Å². The second-order valence-corrected chi connectivity index (χ2v) is 7.00. The first-order valence-electron chi connectivity index (χ1n) is 7.87. The number of aromatic amines is 2. The van der Waals surface area contributed by atoms with E-state index in [1.807, 2.05) is 20.8 Å². The van der Waals surface area contributed by atoms with Gasteiger partial charge in [-0.1, -0.05) is 20.8 Å². The van der Waals surface area contributed by atoms with Gasteiger partial charge in [-0.05, 0) is 18.2 Å². The van der Waals surface area contributed by atoms with E-state index in [9.17, 15) is 9.18 Å². The van der Waals surface area contributed by atoms with E-state index in [-0.39, 0.29) is 11.6 Å². The average molecular weight is 337 g/mol. The molecule has 2 N–H and O–H groups in total. The molecule has 0 amide bonds. The Balaban J connectivity index is 1.90. The standard InChI is InChI=1S/C18H16FN5O/c1-18(2,3)16(25)11-7-20-17-15(11)22-13(8-21-17)14-10-5-4-9(19)6-12(10)23-24-14/h4-8H,1-3H3,(H,20,21)(H,23,24). The third kappa shape index (κ3) is 2.48. The topological polar surface area (TPSA) is 87.3 Å². The summed E-state index contributed by atoms with van der Waals surface area (Å²) in [6.07, 6.45) is 3.23. The minimum atomic E-state index is -0.524. The summed E-state index contributed by atoms with van der Waals surface area (Å²) in [5, 5.41) is 7.78. The number of rotatable bonds is 2. The molecule has 0 aliphatic heterocycles. The molecule has 3 heterocycles. The number of fused-ring (bicyclic) bond motifs is 2. The van der Waals surface area contributed by atoms with E-state index in [4.69, 9.17) is 0 Å². The van der Waals surface area contributed by atoms with Crippen molar-refractivity contribution in [1.29, 1.82) is 0 Å². The van der Waals surface area contributed by atoms with Crippen LogP contribution in [-0.2, 0) is 0 Å². The number of carbonyl (C=O) groups is 1. The first-order chi connectivity index (χ1) is 11.8. The number of benzene rings is 1. The predicted octanol–water partition coefficient (Wildman–Crippen LogP) is 3.87. The maximum absolute atomic E-state index is 13.4. The van der Waals surface area contributed by atoms with Crippen molar-refractivity contribution < 1.29 is 9.18 Å². The molecule has 25 heavy (non-hydrogen) atoms. The highest BCUT2D eigenvalue weighted by atomic mass is 19.1. The molecule has 0 atom stereocenters. The van der Waals surface area contributed by atoms with Crippen molar-refractivity contribution in [2.45, 2.75) is 20.8 Å². The van der Waals surface area contributed by atoms with Gasteiger partial charge in [0, 0.05) is 17.0 Å². The van der Waals surface area contributed by atoms with Crippen LogP contribution in [0.15, 0.2) is 30.6 Å². The van der Waals surface area contributed by atoms with Gasteiger partial charge in [-0.15, -0.1) is 0 Å². The number of carbonyl (C=O) groups excluding carboxylic acids is 1. The molecule has 0 saturated carbocycles. The zero-order valence-electron chi connectivity index (χ0n) is 14.0. The molecular weight excluding hydrogens is 321 g/mol. The highest BCUT2D eigenvalue weighted by Gasteiger charge is 2.26. The Hall–Kier alpha value is -3.09. The fraction of sp³-hybridized carbons (Fsp3) is 0.222. The van der Waals surface area contributed by atoms with Gasteiger partial charge in [0.15, 0.2) is 11.4 Å². The molecule has 126 valence electrons. The molecule has 4 rings (SSSR count). The molecule has 0 aliphatic rings. The molecular formula is C18H16FN5O. The molecule has 6 nitrogen and oxygen atoms in total. The molecule has 0 unspecified atom stereocenters. The van der Waals surface area contributed by atoms with Crippen LogP contribution in [0.25, 0.3) is 33.5 Å². The van der Waals surface area contributed by atoms with Crippen LogP contribution < -0.4 is 0 Å². The minimum absolute atomic E-state index is 0.0147. The van der Waals surface area contributed by atoms with E-state index < -0.39 is 5.41 Å². The summed E-state index contributed by atoms with van der Waals surface area (Å²) in [7, 11) is 0. The summed E-state index contributed by atoms with van der Waals surface area (Å²) < 4.78 is 13.4. The first-order valence-corrected chi connectivity index (χ1v) is 7.87. The zero-order chi connectivity index (χ0) is 17.8. The lowest BCUT2D eigenvalue weighted by molar-refractivity contribution is 0.0860. The van der Waals surface area contributed by atoms with Crippen molar-refractivity contribution in [3.63, 3.8) is 0 Å². The number of ketones is 1. The van der Waals surface area contributed by atoms with Crippen molar-refractivity contribution in [3.05, 3.63) is 42.0 Å². The van der Waals surface area contributed by atoms with Gasteiger partial charge in [0.1, 0.15) is 22.7 Å². The van der Waals surface area contributed by atoms with Crippen molar-refractivity contribution in [1.82, 2.24) is 25.1 Å². The van der Waals surface area contributed by atoms with Gasteiger partial charge in [-0.25, -0.2) is 14.4 Å². The van der Waals surface area contributed by atoms with E-state index >= 15 is 0 Å². The van der Waals surface area contributed by atoms with Gasteiger partial charge in [0.05, 0.1) is 17.3 Å². The first kappa shape index (κ1) is 15.4. The van der Waals surface area contributed by atoms with Crippen LogP contribution in [0, 0.1) is 11.2 Å². The zero-order valence-corrected chi connectivity index (χ0v) is 14.0. The smallest absolute Gasteiger partial charge is 0.171 e. The maximum Gasteiger partial charge on any atom is 0.171 e. The summed E-state index contributed by atoms with van der Waals surface area (Å²) in [5.74, 6) is -0.355. The number of halogens is 1. The van der Waals surface area contributed by atoms with Crippen molar-refractivity contribution >= 4 is 27.9 Å². The van der Waals surface area contributed by atoms with Gasteiger partial charge in [-0.2, -0.15) is 5.10 Å². The molecule has 3 aromatic heterocycles. The Bertz CT molecular complexity index is 1120. The van der Waals surface area contributed by atoms with E-state index in [1.54, 1.807) is 18.5 Å². The third-order valence-electron chi connectivity index (χ3n) is 4.07. The second-order valence-electron chi connectivity index (χ2n) is 7.00. The van der Waals surface area contributed by atoms with Crippen LogP contribution in [0.4, 0.5) is 4.39 Å². The van der Waals surface area contributed by atoms with Gasteiger partial charge in [-0.3, -0.25) is 9.89 Å². The third-order valence-corrected chi connectivity index (χ3v) is 4.07. The molecule has 0 bridgehead atoms. The summed E-state index contributed by atoms with van der Waals surface area (Å²) >= 11 is 0. The number of Topliss-reactive ketones (excluding diaryl/α,β-unsaturated/α-hetero) is 1. The van der Waals surface area contributed by atoms with Gasteiger partial charge >= 0.3 is 0 Å². The van der Waals surface area contributed by atoms with E-state index in [2.05, 4.69) is 25.1 Å². The van der Waals surface area contributed by atoms with Gasteiger partial charge in [0.25, 0.3) is 0 Å². The number of aromatic nitrogens is 5. The Morgan fingerprint density at radius 2 is 2.04 bits per heavy atom. The van der Waals surface area contributed by atoms with Crippen LogP contribution in [0.5, 0.6) is 0 Å². The summed E-state index contributed by atoms with van der Waals surface area (Å²) in [6.45, 7) is 5.59. The van der Waals surface area contributed by atoms with E-state index in [0.29, 0.717) is 33.6 Å². The fourth-order valence-corrected chi connectivity index (χ4v) is 2.77. The van der Waals surface area contributed by atoms with Crippen LogP contribution in [0.1, 0.15) is 31.1 Å². The Kier molecular flexibility index (Phi) is 3.21. The fourth-order valence-electron chi connectivity index (χ4n) is 2.77. The van der Waals surface area contributed by atoms with Crippen molar-refractivity contribution in [2.75, 3.05) is 0 Å². The monoisotopic (exact) mass is 337 g/mol. The van der Waals surface area contributed by atoms with Crippen LogP contribution >= 0.6 is 0 Å². The maximum atomic E-state index is 13.4. The van der Waals surface area contributed by atoms with Crippen LogP contribution in [0.3, 0.4) is 0 Å². The number of nitrogens with one attached hydrogen (secondary N) is 2. The molecule has 0 spiro atoms. The highest BCUT2D eigenvalue weighted by Crippen LogP contribution is 2.29. The molecule has 0 fully saturated rings. The Labute approximate surface area is 142 Å². The Morgan fingerprint density at radius 3 is 2.80 bits per heavy atom. The van der Waals surface area contributed by atoms with Gasteiger partial charge < -0.3 is 4.98 Å². The molecule has 1 aromatic carbocycles. The Morgan fingerprint density at radius 1 is 1.24 bits per heavy atom. The normalized spacial score (nSPS) is 12.2. The second kappa shape index (κ2) is 5.20. The summed E-state index contributed by atoms with van der Waals surface area (Å²) in [6, 6.07) is 4.40. The largest absolute Gasteiger partial charge is 0.344 e. The molecule has 0 saturated heterocycles. The quantitative estimate of drug-likeness (QED) is 0.544. The molecule has 0 aliphatic carbocycles. The number of hydrogen-bond donors (Lipinski definition) is 2. The van der Waals surface area contributed by atoms with Crippen molar-refractivity contribution in [3.8, 4) is 11.4 Å². The lowest BCUT2D eigenvalue weighted by Crippen LogP contribution is -2.20. The lowest BCUT2D eigenvalue weighted by Gasteiger charge is -2.15. The predicted molar refractivity (Wildman–Crippen MR) is 92.7 cm³/mol.